The second-order valence-corrected chi connectivity index (χ2v) is 14.5. The normalized spacial score (nSPS) is 15.3. The summed E-state index contributed by atoms with van der Waals surface area (Å²) in [7, 11) is 0. The first kappa shape index (κ1) is 79.6. The third-order valence-electron chi connectivity index (χ3n) is 8.02. The molecule has 3 rings (SSSR count). The zero-order valence-electron chi connectivity index (χ0n) is 41.1. The van der Waals surface area contributed by atoms with Gasteiger partial charge in [0.25, 0.3) is 0 Å². The van der Waals surface area contributed by atoms with E-state index in [4.69, 9.17) is 59.4 Å². The Hall–Kier alpha value is -6.92. The number of anilines is 4. The quantitative estimate of drug-likeness (QED) is 0.193. The summed E-state index contributed by atoms with van der Waals surface area (Å²) in [4.78, 5) is 82.4. The number of hydrogen-bond donors (Lipinski definition) is 14. The SMILES string of the molecule is CC(=O)Nc1cc(NC(C)=O)c(N2CCNCCNCCNCC2)cc1N1CCNCCNCCNCC1.O=C(O)C(F)(F)F.O=C(O)C(F)(F)F.O=C(O)C(F)(F)F.O=C(O)C(F)(F)F.O=C(O)C(F)(F)F.O=C(O)C(F)(F)F. The van der Waals surface area contributed by atoms with Crippen molar-refractivity contribution in [3.63, 3.8) is 0 Å². The molecule has 2 fully saturated rings. The van der Waals surface area contributed by atoms with Crippen LogP contribution in [0.2, 0.25) is 0 Å². The lowest BCUT2D eigenvalue weighted by Gasteiger charge is -2.33. The molecule has 0 aromatic heterocycles. The molecule has 2 amide bonds. The number of carboxylic acids is 6. The van der Waals surface area contributed by atoms with Gasteiger partial charge >= 0.3 is 72.9 Å². The summed E-state index contributed by atoms with van der Waals surface area (Å²) in [6.45, 7) is 16.9. The molecular weight excluding hydrogens is 1160 g/mol. The highest BCUT2D eigenvalue weighted by atomic mass is 19.4. The van der Waals surface area contributed by atoms with Gasteiger partial charge in [-0.2, -0.15) is 79.0 Å². The van der Waals surface area contributed by atoms with Crippen LogP contribution in [-0.2, 0) is 38.4 Å². The van der Waals surface area contributed by atoms with Crippen LogP contribution in [0.25, 0.3) is 0 Å². The highest BCUT2D eigenvalue weighted by Gasteiger charge is 2.41. The highest BCUT2D eigenvalue weighted by molar-refractivity contribution is 6.00. The van der Waals surface area contributed by atoms with Crippen molar-refractivity contribution in [2.24, 2.45) is 0 Å². The van der Waals surface area contributed by atoms with E-state index in [1.54, 1.807) is 0 Å². The highest BCUT2D eigenvalue weighted by Crippen LogP contribution is 2.38. The third-order valence-corrected chi connectivity index (χ3v) is 8.02. The molecule has 0 saturated carbocycles. The number of hydrogen-bond acceptors (Lipinski definition) is 16. The Morgan fingerprint density at radius 3 is 0.625 bits per heavy atom. The van der Waals surface area contributed by atoms with Crippen molar-refractivity contribution in [2.45, 2.75) is 50.9 Å². The van der Waals surface area contributed by atoms with Gasteiger partial charge in [-0.3, -0.25) is 9.59 Å². The lowest BCUT2D eigenvalue weighted by Crippen LogP contribution is -2.43. The van der Waals surface area contributed by atoms with Gasteiger partial charge in [-0.15, -0.1) is 0 Å². The molecule has 0 atom stereocenters. The van der Waals surface area contributed by atoms with Gasteiger partial charge in [0.05, 0.1) is 22.7 Å². The van der Waals surface area contributed by atoms with Crippen LogP contribution in [0.1, 0.15) is 13.8 Å². The molecule has 0 radical (unpaired) electrons. The lowest BCUT2D eigenvalue weighted by molar-refractivity contribution is -0.193. The number of rotatable bonds is 4. The zero-order chi connectivity index (χ0) is 63.5. The lowest BCUT2D eigenvalue weighted by atomic mass is 10.1. The van der Waals surface area contributed by atoms with E-state index in [0.29, 0.717) is 11.4 Å². The molecule has 2 heterocycles. The van der Waals surface area contributed by atoms with Crippen LogP contribution in [0.15, 0.2) is 12.1 Å². The van der Waals surface area contributed by atoms with Crippen LogP contribution in [0.4, 0.5) is 102 Å². The molecule has 0 bridgehead atoms. The molecular formula is C38H54F18N10O14. The largest absolute Gasteiger partial charge is 0.490 e. The van der Waals surface area contributed by atoms with Crippen LogP contribution < -0.4 is 52.3 Å². The predicted molar refractivity (Wildman–Crippen MR) is 239 cm³/mol. The van der Waals surface area contributed by atoms with Crippen LogP contribution in [0, 0.1) is 0 Å². The maximum absolute atomic E-state index is 12.2. The molecule has 14 N–H and O–H groups in total. The van der Waals surface area contributed by atoms with E-state index in [1.165, 1.54) is 13.8 Å². The number of nitrogens with zero attached hydrogens (tertiary/aromatic N) is 2. The maximum Gasteiger partial charge on any atom is 0.490 e. The number of aliphatic carboxylic acids is 6. The monoisotopic (exact) mass is 1220 g/mol. The minimum absolute atomic E-state index is 0.141. The Balaban J connectivity index is -0.000000549. The van der Waals surface area contributed by atoms with Gasteiger partial charge in [-0.05, 0) is 12.1 Å². The van der Waals surface area contributed by atoms with E-state index in [0.717, 1.165) is 116 Å². The van der Waals surface area contributed by atoms with Crippen molar-refractivity contribution < 1.29 is 148 Å². The van der Waals surface area contributed by atoms with Gasteiger partial charge in [0.15, 0.2) is 0 Å². The van der Waals surface area contributed by atoms with E-state index in [2.05, 4.69) is 58.4 Å². The average Bonchev–Trinajstić information content (AvgIpc) is 3.26. The number of alkyl halides is 18. The van der Waals surface area contributed by atoms with Gasteiger partial charge in [0, 0.05) is 119 Å². The third kappa shape index (κ3) is 44.0. The summed E-state index contributed by atoms with van der Waals surface area (Å²) in [5.41, 5.74) is 3.32. The molecule has 466 valence electrons. The Morgan fingerprint density at radius 2 is 0.487 bits per heavy atom. The van der Waals surface area contributed by atoms with Crippen molar-refractivity contribution >= 4 is 70.4 Å². The van der Waals surface area contributed by atoms with E-state index in [-0.39, 0.29) is 11.8 Å². The van der Waals surface area contributed by atoms with Crippen LogP contribution in [0.5, 0.6) is 0 Å². The number of nitrogens with one attached hydrogen (secondary N) is 8. The number of halogens is 18. The van der Waals surface area contributed by atoms with Crippen LogP contribution in [-0.4, -0.2) is 220 Å². The van der Waals surface area contributed by atoms with Gasteiger partial charge in [-0.1, -0.05) is 0 Å². The summed E-state index contributed by atoms with van der Waals surface area (Å²) in [6.07, 6.45) is -30.5. The van der Waals surface area contributed by atoms with Gasteiger partial charge in [0.1, 0.15) is 0 Å². The minimum Gasteiger partial charge on any atom is -0.475 e. The molecule has 2 aliphatic heterocycles. The minimum atomic E-state index is -5.08. The standard InChI is InChI=1S/C26H48N10O2.6C2HF3O2/c1-21(37)33-23-19-24(34-22(2)38)26(36-17-13-31-9-5-28-6-10-32-14-18-36)20-25(23)35-15-11-29-7-3-27-4-8-30-12-16-35;6*3-2(4,5)1(6)7/h19-20,27-32H,3-18H2,1-2H3,(H,33,37)(H,34,38);6*(H,6,7). The van der Waals surface area contributed by atoms with Crippen molar-refractivity contribution in [1.82, 2.24) is 31.9 Å². The Morgan fingerprint density at radius 1 is 0.338 bits per heavy atom. The summed E-state index contributed by atoms with van der Waals surface area (Å²) in [6, 6.07) is 4.05. The number of benzene rings is 1. The molecule has 1 aromatic rings. The Labute approximate surface area is 438 Å². The van der Waals surface area contributed by atoms with E-state index >= 15 is 0 Å². The molecule has 24 nitrogen and oxygen atoms in total. The predicted octanol–water partition coefficient (Wildman–Crippen LogP) is 2.58. The van der Waals surface area contributed by atoms with Crippen LogP contribution in [0.3, 0.4) is 0 Å². The Bertz CT molecular complexity index is 1790. The van der Waals surface area contributed by atoms with Crippen LogP contribution >= 0.6 is 0 Å². The summed E-state index contributed by atoms with van der Waals surface area (Å²) in [5, 5.41) is 69.7. The number of carboxylic acid groups (broad SMARTS) is 6. The first-order chi connectivity index (χ1) is 36.2. The number of carbonyl (C=O) groups is 8. The van der Waals surface area contributed by atoms with Gasteiger partial charge in [0.2, 0.25) is 11.8 Å². The first-order valence-electron chi connectivity index (χ1n) is 21.5. The van der Waals surface area contributed by atoms with Gasteiger partial charge < -0.3 is 83.0 Å². The maximum atomic E-state index is 12.2. The fourth-order valence-electron chi connectivity index (χ4n) is 4.70. The molecule has 0 aliphatic carbocycles. The number of amides is 2. The first-order valence-corrected chi connectivity index (χ1v) is 21.5. The Kier molecular flexibility index (Phi) is 38.4. The van der Waals surface area contributed by atoms with Gasteiger partial charge in [-0.25, -0.2) is 28.8 Å². The van der Waals surface area contributed by atoms with Crippen molar-refractivity contribution in [3.05, 3.63) is 12.1 Å². The molecule has 1 aromatic carbocycles. The molecule has 2 saturated heterocycles. The average molecular weight is 1220 g/mol. The van der Waals surface area contributed by atoms with E-state index < -0.39 is 72.9 Å². The second-order valence-electron chi connectivity index (χ2n) is 14.5. The van der Waals surface area contributed by atoms with Crippen molar-refractivity contribution in [3.8, 4) is 0 Å². The van der Waals surface area contributed by atoms with Crippen molar-refractivity contribution in [2.75, 3.05) is 125 Å². The molecule has 2 aliphatic rings. The number of carbonyl (C=O) groups excluding carboxylic acids is 2. The zero-order valence-corrected chi connectivity index (χ0v) is 41.1. The van der Waals surface area contributed by atoms with E-state index in [1.807, 2.05) is 6.07 Å². The summed E-state index contributed by atoms with van der Waals surface area (Å²) in [5.74, 6) is -16.8. The van der Waals surface area contributed by atoms with E-state index in [9.17, 15) is 88.6 Å². The molecule has 0 spiro atoms. The second kappa shape index (κ2) is 38.6. The molecule has 80 heavy (non-hydrogen) atoms. The smallest absolute Gasteiger partial charge is 0.475 e. The topological polar surface area (TPSA) is 361 Å². The summed E-state index contributed by atoms with van der Waals surface area (Å²) < 4.78 is 190. The molecule has 42 heteroatoms. The fraction of sp³-hybridized carbons (Fsp3) is 0.632. The fourth-order valence-corrected chi connectivity index (χ4v) is 4.70. The summed E-state index contributed by atoms with van der Waals surface area (Å²) >= 11 is 0. The van der Waals surface area contributed by atoms with Crippen molar-refractivity contribution in [1.29, 1.82) is 0 Å². The molecule has 0 unspecified atom stereocenters.